The van der Waals surface area contributed by atoms with Crippen LogP contribution >= 0.6 is 0 Å². The highest BCUT2D eigenvalue weighted by molar-refractivity contribution is 5.79. The van der Waals surface area contributed by atoms with Crippen LogP contribution in [-0.4, -0.2) is 84.6 Å². The molecule has 2 N–H and O–H groups in total. The van der Waals surface area contributed by atoms with Crippen molar-refractivity contribution in [3.05, 3.63) is 29.8 Å². The Bertz CT molecular complexity index is 561. The van der Waals surface area contributed by atoms with Gasteiger partial charge in [0.1, 0.15) is 0 Å². The van der Waals surface area contributed by atoms with Crippen LogP contribution in [0.1, 0.15) is 12.0 Å². The molecule has 0 aromatic heterocycles. The fourth-order valence-electron chi connectivity index (χ4n) is 3.13. The highest BCUT2D eigenvalue weighted by atomic mass is 16.5. The lowest BCUT2D eigenvalue weighted by Gasteiger charge is -2.30. The van der Waals surface area contributed by atoms with E-state index in [2.05, 4.69) is 56.7 Å². The van der Waals surface area contributed by atoms with Gasteiger partial charge < -0.3 is 29.9 Å². The van der Waals surface area contributed by atoms with Gasteiger partial charge in [0.2, 0.25) is 0 Å². The van der Waals surface area contributed by atoms with E-state index in [1.54, 1.807) is 7.11 Å². The minimum absolute atomic E-state index is 0.747. The Kier molecular flexibility index (Phi) is 9.97. The maximum Gasteiger partial charge on any atom is 0.191 e. The molecule has 0 atom stereocenters. The molecule has 0 bridgehead atoms. The number of hydrogen-bond acceptors (Lipinski definition) is 5. The predicted molar refractivity (Wildman–Crippen MR) is 112 cm³/mol. The number of likely N-dealkylation sites (N-methyl/N-ethyl adjacent to an activating group) is 1. The van der Waals surface area contributed by atoms with Crippen molar-refractivity contribution in [3.63, 3.8) is 0 Å². The van der Waals surface area contributed by atoms with Crippen LogP contribution in [0.5, 0.6) is 0 Å². The number of nitrogens with one attached hydrogen (secondary N) is 2. The molecule has 1 aromatic carbocycles. The van der Waals surface area contributed by atoms with Crippen LogP contribution < -0.4 is 15.5 Å². The Balaban J connectivity index is 1.77. The van der Waals surface area contributed by atoms with Crippen molar-refractivity contribution in [2.45, 2.75) is 13.0 Å². The maximum atomic E-state index is 5.47. The molecule has 0 saturated carbocycles. The molecule has 0 spiro atoms. The summed E-state index contributed by atoms with van der Waals surface area (Å²) in [5.41, 5.74) is 2.56. The number of nitrogens with zero attached hydrogens (tertiary/aromatic N) is 3. The van der Waals surface area contributed by atoms with E-state index in [1.807, 2.05) is 7.05 Å². The first kappa shape index (κ1) is 21.5. The van der Waals surface area contributed by atoms with E-state index in [1.165, 1.54) is 11.3 Å². The van der Waals surface area contributed by atoms with E-state index in [-0.39, 0.29) is 0 Å². The molecular formula is C20H35N5O2. The molecule has 1 aliphatic heterocycles. The standard InChI is InChI=1S/C20H35N5O2/c1-21-20(22-9-11-24(2)10-6-14-26-3)23-17-18-7-4-5-8-19(18)25-12-15-27-16-13-25/h4-5,7-8H,6,9-17H2,1-3H3,(H2,21,22,23). The van der Waals surface area contributed by atoms with Gasteiger partial charge in [-0.25, -0.2) is 0 Å². The zero-order valence-electron chi connectivity index (χ0n) is 17.0. The van der Waals surface area contributed by atoms with E-state index in [4.69, 9.17) is 9.47 Å². The number of para-hydroxylation sites is 1. The number of benzene rings is 1. The van der Waals surface area contributed by atoms with Gasteiger partial charge in [0.05, 0.1) is 13.2 Å². The largest absolute Gasteiger partial charge is 0.385 e. The number of hydrogen-bond donors (Lipinski definition) is 2. The quantitative estimate of drug-likeness (QED) is 0.362. The van der Waals surface area contributed by atoms with Crippen molar-refractivity contribution in [1.29, 1.82) is 0 Å². The molecule has 2 rings (SSSR count). The lowest BCUT2D eigenvalue weighted by Crippen LogP contribution is -2.41. The molecular weight excluding hydrogens is 342 g/mol. The number of guanidine groups is 1. The van der Waals surface area contributed by atoms with E-state index < -0.39 is 0 Å². The van der Waals surface area contributed by atoms with Gasteiger partial charge >= 0.3 is 0 Å². The second-order valence-electron chi connectivity index (χ2n) is 6.73. The second-order valence-corrected chi connectivity index (χ2v) is 6.73. The molecule has 7 nitrogen and oxygen atoms in total. The van der Waals surface area contributed by atoms with Crippen LogP contribution in [0.15, 0.2) is 29.3 Å². The molecule has 152 valence electrons. The van der Waals surface area contributed by atoms with Gasteiger partial charge in [-0.05, 0) is 25.1 Å². The van der Waals surface area contributed by atoms with E-state index in [0.717, 1.165) is 71.5 Å². The van der Waals surface area contributed by atoms with E-state index in [0.29, 0.717) is 0 Å². The molecule has 1 aliphatic rings. The van der Waals surface area contributed by atoms with Gasteiger partial charge in [0.15, 0.2) is 5.96 Å². The average Bonchev–Trinajstić information content (AvgIpc) is 2.71. The van der Waals surface area contributed by atoms with Crippen LogP contribution in [0.25, 0.3) is 0 Å². The summed E-state index contributed by atoms with van der Waals surface area (Å²) in [5, 5.41) is 6.83. The predicted octanol–water partition coefficient (Wildman–Crippen LogP) is 1.16. The number of anilines is 1. The lowest BCUT2D eigenvalue weighted by atomic mass is 10.1. The van der Waals surface area contributed by atoms with Crippen LogP contribution in [-0.2, 0) is 16.0 Å². The zero-order valence-corrected chi connectivity index (χ0v) is 17.0. The summed E-state index contributed by atoms with van der Waals surface area (Å²) in [6, 6.07) is 8.55. The minimum Gasteiger partial charge on any atom is -0.385 e. The van der Waals surface area contributed by atoms with Gasteiger partial charge in [0.25, 0.3) is 0 Å². The lowest BCUT2D eigenvalue weighted by molar-refractivity contribution is 0.122. The number of ether oxygens (including phenoxy) is 2. The molecule has 1 saturated heterocycles. The highest BCUT2D eigenvalue weighted by Crippen LogP contribution is 2.21. The number of aliphatic imine (C=N–C) groups is 1. The summed E-state index contributed by atoms with van der Waals surface area (Å²) in [6.45, 7) is 7.89. The summed E-state index contributed by atoms with van der Waals surface area (Å²) < 4.78 is 10.6. The van der Waals surface area contributed by atoms with E-state index in [9.17, 15) is 0 Å². The third kappa shape index (κ3) is 7.74. The van der Waals surface area contributed by atoms with Crippen LogP contribution in [0.3, 0.4) is 0 Å². The van der Waals surface area contributed by atoms with Crippen molar-refractivity contribution in [3.8, 4) is 0 Å². The number of methoxy groups -OCH3 is 1. The van der Waals surface area contributed by atoms with Crippen molar-refractivity contribution in [2.75, 3.05) is 78.6 Å². The fourth-order valence-corrected chi connectivity index (χ4v) is 3.13. The van der Waals surface area contributed by atoms with Crippen LogP contribution in [0, 0.1) is 0 Å². The normalized spacial score (nSPS) is 15.3. The third-order valence-corrected chi connectivity index (χ3v) is 4.69. The first-order valence-corrected chi connectivity index (χ1v) is 9.77. The van der Waals surface area contributed by atoms with Gasteiger partial charge in [-0.1, -0.05) is 18.2 Å². The fraction of sp³-hybridized carbons (Fsp3) is 0.650. The monoisotopic (exact) mass is 377 g/mol. The molecule has 0 radical (unpaired) electrons. The molecule has 0 amide bonds. The number of rotatable bonds is 10. The summed E-state index contributed by atoms with van der Waals surface area (Å²) in [7, 11) is 5.69. The zero-order chi connectivity index (χ0) is 19.3. The second kappa shape index (κ2) is 12.5. The van der Waals surface area contributed by atoms with Crippen molar-refractivity contribution < 1.29 is 9.47 Å². The summed E-state index contributed by atoms with van der Waals surface area (Å²) >= 11 is 0. The minimum atomic E-state index is 0.747. The molecule has 7 heteroatoms. The highest BCUT2D eigenvalue weighted by Gasteiger charge is 2.14. The Morgan fingerprint density at radius 1 is 1.22 bits per heavy atom. The van der Waals surface area contributed by atoms with E-state index >= 15 is 0 Å². The van der Waals surface area contributed by atoms with Gasteiger partial charge in [-0.15, -0.1) is 0 Å². The van der Waals surface area contributed by atoms with Crippen molar-refractivity contribution in [2.24, 2.45) is 4.99 Å². The first-order valence-electron chi connectivity index (χ1n) is 9.77. The SMILES string of the molecule is CN=C(NCCN(C)CCCOC)NCc1ccccc1N1CCOCC1. The average molecular weight is 378 g/mol. The van der Waals surface area contributed by atoms with Crippen molar-refractivity contribution >= 4 is 11.6 Å². The smallest absolute Gasteiger partial charge is 0.191 e. The Labute approximate surface area is 163 Å². The van der Waals surface area contributed by atoms with Gasteiger partial charge in [-0.3, -0.25) is 4.99 Å². The number of morpholine rings is 1. The summed E-state index contributed by atoms with van der Waals surface area (Å²) in [5.74, 6) is 0.831. The Hall–Kier alpha value is -1.83. The van der Waals surface area contributed by atoms with Crippen LogP contribution in [0.2, 0.25) is 0 Å². The first-order chi connectivity index (χ1) is 13.2. The summed E-state index contributed by atoms with van der Waals surface area (Å²) in [6.07, 6.45) is 1.05. The van der Waals surface area contributed by atoms with Crippen molar-refractivity contribution in [1.82, 2.24) is 15.5 Å². The van der Waals surface area contributed by atoms with Gasteiger partial charge in [-0.2, -0.15) is 0 Å². The molecule has 1 fully saturated rings. The van der Waals surface area contributed by atoms with Crippen LogP contribution in [0.4, 0.5) is 5.69 Å². The molecule has 1 aromatic rings. The Morgan fingerprint density at radius 3 is 2.74 bits per heavy atom. The molecule has 0 unspecified atom stereocenters. The topological polar surface area (TPSA) is 61.4 Å². The molecule has 27 heavy (non-hydrogen) atoms. The summed E-state index contributed by atoms with van der Waals surface area (Å²) in [4.78, 5) is 9.03. The molecule has 1 heterocycles. The third-order valence-electron chi connectivity index (χ3n) is 4.69. The molecule has 0 aliphatic carbocycles. The Morgan fingerprint density at radius 2 is 2.00 bits per heavy atom. The maximum absolute atomic E-state index is 5.47. The van der Waals surface area contributed by atoms with Gasteiger partial charge in [0, 0.05) is 65.7 Å².